The monoisotopic (exact) mass is 226 g/mol. The van der Waals surface area contributed by atoms with Crippen molar-refractivity contribution >= 4 is 11.3 Å². The quantitative estimate of drug-likeness (QED) is 0.750. The van der Waals surface area contributed by atoms with Crippen molar-refractivity contribution in [3.8, 4) is 0 Å². The van der Waals surface area contributed by atoms with Crippen molar-refractivity contribution in [3.05, 3.63) is 21.9 Å². The van der Waals surface area contributed by atoms with Crippen LogP contribution in [0.5, 0.6) is 0 Å². The lowest BCUT2D eigenvalue weighted by Gasteiger charge is -2.13. The summed E-state index contributed by atoms with van der Waals surface area (Å²) in [7, 11) is 0. The first kappa shape index (κ1) is 12.7. The standard InChI is InChI=1S/C12H22N2S/c1-3-4-11(7-13)8-14-9-12-6-5-10(2)15-12/h5-6,11,14H,3-4,7-9,13H2,1-2H3. The second-order valence-electron chi connectivity index (χ2n) is 4.03. The van der Waals surface area contributed by atoms with Gasteiger partial charge in [0.25, 0.3) is 0 Å². The van der Waals surface area contributed by atoms with E-state index >= 15 is 0 Å². The molecule has 0 fully saturated rings. The molecule has 0 bridgehead atoms. The molecule has 1 rings (SSSR count). The van der Waals surface area contributed by atoms with Crippen molar-refractivity contribution in [3.63, 3.8) is 0 Å². The van der Waals surface area contributed by atoms with Crippen molar-refractivity contribution in [2.45, 2.75) is 33.2 Å². The molecule has 0 saturated heterocycles. The van der Waals surface area contributed by atoms with Crippen LogP contribution in [-0.4, -0.2) is 13.1 Å². The van der Waals surface area contributed by atoms with Crippen LogP contribution in [0.25, 0.3) is 0 Å². The molecule has 0 aliphatic carbocycles. The van der Waals surface area contributed by atoms with Crippen LogP contribution in [0.3, 0.4) is 0 Å². The topological polar surface area (TPSA) is 38.0 Å². The number of thiophene rings is 1. The van der Waals surface area contributed by atoms with E-state index in [1.165, 1.54) is 22.6 Å². The van der Waals surface area contributed by atoms with Gasteiger partial charge in [-0.05, 0) is 44.5 Å². The first-order chi connectivity index (χ1) is 7.26. The second-order valence-corrected chi connectivity index (χ2v) is 5.41. The Hall–Kier alpha value is -0.380. The Morgan fingerprint density at radius 2 is 2.27 bits per heavy atom. The Balaban J connectivity index is 2.20. The average Bonchev–Trinajstić information content (AvgIpc) is 2.63. The Morgan fingerprint density at radius 3 is 2.80 bits per heavy atom. The summed E-state index contributed by atoms with van der Waals surface area (Å²) in [4.78, 5) is 2.80. The normalized spacial score (nSPS) is 13.0. The summed E-state index contributed by atoms with van der Waals surface area (Å²) in [5.41, 5.74) is 5.71. The molecule has 86 valence electrons. The van der Waals surface area contributed by atoms with Crippen LogP contribution in [0, 0.1) is 12.8 Å². The summed E-state index contributed by atoms with van der Waals surface area (Å²) >= 11 is 1.87. The number of hydrogen-bond donors (Lipinski definition) is 2. The van der Waals surface area contributed by atoms with Crippen LogP contribution in [0.1, 0.15) is 29.5 Å². The number of nitrogens with two attached hydrogens (primary N) is 1. The molecule has 0 spiro atoms. The molecule has 3 N–H and O–H groups in total. The van der Waals surface area contributed by atoms with Crippen LogP contribution in [0.4, 0.5) is 0 Å². The molecule has 2 nitrogen and oxygen atoms in total. The summed E-state index contributed by atoms with van der Waals surface area (Å²) in [5, 5.41) is 3.48. The third-order valence-corrected chi connectivity index (χ3v) is 3.56. The molecule has 0 aliphatic heterocycles. The summed E-state index contributed by atoms with van der Waals surface area (Å²) in [6.45, 7) is 7.18. The van der Waals surface area contributed by atoms with Gasteiger partial charge in [-0.1, -0.05) is 13.3 Å². The minimum atomic E-state index is 0.635. The van der Waals surface area contributed by atoms with E-state index in [-0.39, 0.29) is 0 Å². The van der Waals surface area contributed by atoms with Crippen molar-refractivity contribution in [2.24, 2.45) is 11.7 Å². The van der Waals surface area contributed by atoms with E-state index in [0.29, 0.717) is 5.92 Å². The van der Waals surface area contributed by atoms with E-state index in [1.807, 2.05) is 11.3 Å². The molecule has 0 amide bonds. The van der Waals surface area contributed by atoms with Crippen molar-refractivity contribution in [1.82, 2.24) is 5.32 Å². The Labute approximate surface area is 96.9 Å². The van der Waals surface area contributed by atoms with Crippen molar-refractivity contribution < 1.29 is 0 Å². The zero-order valence-corrected chi connectivity index (χ0v) is 10.6. The SMILES string of the molecule is CCCC(CN)CNCc1ccc(C)s1. The van der Waals surface area contributed by atoms with Crippen LogP contribution in [0.2, 0.25) is 0 Å². The van der Waals surface area contributed by atoms with Gasteiger partial charge in [-0.2, -0.15) is 0 Å². The molecule has 1 unspecified atom stereocenters. The predicted molar refractivity (Wildman–Crippen MR) is 68.2 cm³/mol. The van der Waals surface area contributed by atoms with Crippen LogP contribution in [-0.2, 0) is 6.54 Å². The highest BCUT2D eigenvalue weighted by Crippen LogP contribution is 2.14. The minimum Gasteiger partial charge on any atom is -0.330 e. The van der Waals surface area contributed by atoms with E-state index in [4.69, 9.17) is 5.73 Å². The molecule has 1 aromatic heterocycles. The van der Waals surface area contributed by atoms with E-state index in [9.17, 15) is 0 Å². The van der Waals surface area contributed by atoms with Gasteiger partial charge in [0.2, 0.25) is 0 Å². The van der Waals surface area contributed by atoms with Gasteiger partial charge in [0.1, 0.15) is 0 Å². The number of hydrogen-bond acceptors (Lipinski definition) is 3. The highest BCUT2D eigenvalue weighted by molar-refractivity contribution is 7.11. The van der Waals surface area contributed by atoms with Crippen LogP contribution >= 0.6 is 11.3 Å². The predicted octanol–water partition coefficient (Wildman–Crippen LogP) is 2.52. The Bertz CT molecular complexity index is 270. The van der Waals surface area contributed by atoms with Gasteiger partial charge in [0.15, 0.2) is 0 Å². The largest absolute Gasteiger partial charge is 0.330 e. The Morgan fingerprint density at radius 1 is 1.47 bits per heavy atom. The summed E-state index contributed by atoms with van der Waals surface area (Å²) in [5.74, 6) is 0.635. The summed E-state index contributed by atoms with van der Waals surface area (Å²) in [6.07, 6.45) is 2.45. The molecule has 3 heteroatoms. The summed E-state index contributed by atoms with van der Waals surface area (Å²) in [6, 6.07) is 4.37. The third kappa shape index (κ3) is 4.78. The van der Waals surface area contributed by atoms with Gasteiger partial charge >= 0.3 is 0 Å². The molecule has 0 aromatic carbocycles. The van der Waals surface area contributed by atoms with Gasteiger partial charge in [-0.25, -0.2) is 0 Å². The number of aryl methyl sites for hydroxylation is 1. The van der Waals surface area contributed by atoms with E-state index in [0.717, 1.165) is 19.6 Å². The molecular formula is C12H22N2S. The molecule has 1 heterocycles. The third-order valence-electron chi connectivity index (χ3n) is 2.56. The first-order valence-corrected chi connectivity index (χ1v) is 6.54. The van der Waals surface area contributed by atoms with Gasteiger partial charge in [0, 0.05) is 16.3 Å². The molecule has 0 saturated carbocycles. The van der Waals surface area contributed by atoms with Crippen LogP contribution in [0.15, 0.2) is 12.1 Å². The van der Waals surface area contributed by atoms with Gasteiger partial charge in [0.05, 0.1) is 0 Å². The van der Waals surface area contributed by atoms with Crippen molar-refractivity contribution in [1.29, 1.82) is 0 Å². The first-order valence-electron chi connectivity index (χ1n) is 5.72. The maximum atomic E-state index is 5.71. The zero-order chi connectivity index (χ0) is 11.1. The number of rotatable bonds is 7. The molecular weight excluding hydrogens is 204 g/mol. The lowest BCUT2D eigenvalue weighted by Crippen LogP contribution is -2.27. The molecule has 15 heavy (non-hydrogen) atoms. The maximum absolute atomic E-state index is 5.71. The van der Waals surface area contributed by atoms with E-state index in [1.54, 1.807) is 0 Å². The molecule has 0 radical (unpaired) electrons. The van der Waals surface area contributed by atoms with E-state index < -0.39 is 0 Å². The maximum Gasteiger partial charge on any atom is 0.0299 e. The lowest BCUT2D eigenvalue weighted by molar-refractivity contribution is 0.450. The number of nitrogens with one attached hydrogen (secondary N) is 1. The van der Waals surface area contributed by atoms with Gasteiger partial charge < -0.3 is 11.1 Å². The Kier molecular flexibility index (Phi) is 5.91. The fraction of sp³-hybridized carbons (Fsp3) is 0.667. The highest BCUT2D eigenvalue weighted by Gasteiger charge is 2.04. The average molecular weight is 226 g/mol. The van der Waals surface area contributed by atoms with Crippen molar-refractivity contribution in [2.75, 3.05) is 13.1 Å². The second kappa shape index (κ2) is 6.99. The molecule has 1 atom stereocenters. The van der Waals surface area contributed by atoms with Gasteiger partial charge in [-0.3, -0.25) is 0 Å². The van der Waals surface area contributed by atoms with E-state index in [2.05, 4.69) is 31.3 Å². The fourth-order valence-electron chi connectivity index (χ4n) is 1.69. The fourth-order valence-corrected chi connectivity index (χ4v) is 2.55. The van der Waals surface area contributed by atoms with Gasteiger partial charge in [-0.15, -0.1) is 11.3 Å². The highest BCUT2D eigenvalue weighted by atomic mass is 32.1. The zero-order valence-electron chi connectivity index (χ0n) is 9.75. The molecule has 1 aromatic rings. The smallest absolute Gasteiger partial charge is 0.0299 e. The van der Waals surface area contributed by atoms with Crippen LogP contribution < -0.4 is 11.1 Å². The summed E-state index contributed by atoms with van der Waals surface area (Å²) < 4.78 is 0. The minimum absolute atomic E-state index is 0.635. The molecule has 0 aliphatic rings. The lowest BCUT2D eigenvalue weighted by atomic mass is 10.0.